The highest BCUT2D eigenvalue weighted by molar-refractivity contribution is 7.89. The smallest absolute Gasteiger partial charge is 0.240 e. The molecule has 0 aliphatic heterocycles. The topological polar surface area (TPSA) is 55.4 Å². The second-order valence-electron chi connectivity index (χ2n) is 5.77. The number of ether oxygens (including phenoxy) is 1. The molecule has 27 heavy (non-hydrogen) atoms. The molecule has 0 bridgehead atoms. The average Bonchev–Trinajstić information content (AvgIpc) is 2.67. The Morgan fingerprint density at radius 2 is 1.52 bits per heavy atom. The van der Waals surface area contributed by atoms with Gasteiger partial charge in [-0.1, -0.05) is 59.6 Å². The SMILES string of the molecule is O=S(=O)(NCc1cccc(OCc2c(Cl)cccc2Cl)c1)c1ccccc1. The lowest BCUT2D eigenvalue weighted by Crippen LogP contribution is -2.23. The van der Waals surface area contributed by atoms with E-state index in [-0.39, 0.29) is 18.0 Å². The van der Waals surface area contributed by atoms with Gasteiger partial charge in [0.15, 0.2) is 0 Å². The summed E-state index contributed by atoms with van der Waals surface area (Å²) in [5.74, 6) is 0.599. The van der Waals surface area contributed by atoms with Crippen LogP contribution in [0.2, 0.25) is 10.0 Å². The summed E-state index contributed by atoms with van der Waals surface area (Å²) in [5.41, 5.74) is 1.48. The molecule has 0 atom stereocenters. The van der Waals surface area contributed by atoms with Crippen LogP contribution >= 0.6 is 23.2 Å². The minimum absolute atomic E-state index is 0.154. The second-order valence-corrected chi connectivity index (χ2v) is 8.36. The molecule has 140 valence electrons. The Balaban J connectivity index is 1.66. The Morgan fingerprint density at radius 1 is 0.852 bits per heavy atom. The van der Waals surface area contributed by atoms with Crippen LogP contribution in [-0.2, 0) is 23.2 Å². The molecule has 7 heteroatoms. The third kappa shape index (κ3) is 5.23. The van der Waals surface area contributed by atoms with E-state index in [4.69, 9.17) is 27.9 Å². The van der Waals surface area contributed by atoms with E-state index in [0.29, 0.717) is 21.4 Å². The first kappa shape index (κ1) is 19.7. The molecular formula is C20H17Cl2NO3S. The normalized spacial score (nSPS) is 11.3. The fourth-order valence-electron chi connectivity index (χ4n) is 2.43. The summed E-state index contributed by atoms with van der Waals surface area (Å²) in [7, 11) is -3.56. The van der Waals surface area contributed by atoms with Gasteiger partial charge in [0.05, 0.1) is 4.90 Å². The highest BCUT2D eigenvalue weighted by atomic mass is 35.5. The van der Waals surface area contributed by atoms with Crippen molar-refractivity contribution in [3.63, 3.8) is 0 Å². The van der Waals surface area contributed by atoms with Crippen LogP contribution in [0.5, 0.6) is 5.75 Å². The maximum Gasteiger partial charge on any atom is 0.240 e. The lowest BCUT2D eigenvalue weighted by molar-refractivity contribution is 0.306. The molecule has 0 saturated carbocycles. The lowest BCUT2D eigenvalue weighted by Gasteiger charge is -2.11. The number of hydrogen-bond donors (Lipinski definition) is 1. The number of rotatable bonds is 7. The predicted octanol–water partition coefficient (Wildman–Crippen LogP) is 5.05. The van der Waals surface area contributed by atoms with Crippen molar-refractivity contribution >= 4 is 33.2 Å². The van der Waals surface area contributed by atoms with Crippen molar-refractivity contribution in [1.82, 2.24) is 4.72 Å². The molecule has 0 aromatic heterocycles. The highest BCUT2D eigenvalue weighted by Crippen LogP contribution is 2.26. The zero-order valence-electron chi connectivity index (χ0n) is 14.2. The molecule has 0 fully saturated rings. The number of halogens is 2. The largest absolute Gasteiger partial charge is 0.489 e. The van der Waals surface area contributed by atoms with Gasteiger partial charge in [0.2, 0.25) is 10.0 Å². The molecule has 3 rings (SSSR count). The molecule has 0 aliphatic carbocycles. The first-order valence-corrected chi connectivity index (χ1v) is 10.4. The van der Waals surface area contributed by atoms with Gasteiger partial charge in [-0.25, -0.2) is 13.1 Å². The second kappa shape index (κ2) is 8.76. The van der Waals surface area contributed by atoms with Gasteiger partial charge in [0.25, 0.3) is 0 Å². The van der Waals surface area contributed by atoms with Gasteiger partial charge < -0.3 is 4.74 Å². The minimum Gasteiger partial charge on any atom is -0.489 e. The summed E-state index contributed by atoms with van der Waals surface area (Å²) in [5, 5.41) is 1.07. The van der Waals surface area contributed by atoms with Gasteiger partial charge in [0, 0.05) is 22.2 Å². The molecule has 0 unspecified atom stereocenters. The molecule has 0 heterocycles. The summed E-state index contributed by atoms with van der Waals surface area (Å²) in [6, 6.07) is 20.7. The van der Waals surface area contributed by atoms with Crippen molar-refractivity contribution < 1.29 is 13.2 Å². The first-order chi connectivity index (χ1) is 13.0. The molecule has 0 saturated heterocycles. The molecular weight excluding hydrogens is 405 g/mol. The fourth-order valence-corrected chi connectivity index (χ4v) is 3.98. The third-order valence-electron chi connectivity index (χ3n) is 3.86. The molecule has 1 N–H and O–H groups in total. The van der Waals surface area contributed by atoms with Crippen LogP contribution in [0.15, 0.2) is 77.7 Å². The van der Waals surface area contributed by atoms with Gasteiger partial charge in [-0.15, -0.1) is 0 Å². The van der Waals surface area contributed by atoms with Crippen molar-refractivity contribution in [2.75, 3.05) is 0 Å². The molecule has 0 spiro atoms. The molecule has 0 radical (unpaired) electrons. The zero-order chi connectivity index (χ0) is 19.3. The first-order valence-electron chi connectivity index (χ1n) is 8.15. The summed E-state index contributed by atoms with van der Waals surface area (Å²) < 4.78 is 33.0. The molecule has 0 aliphatic rings. The minimum atomic E-state index is -3.56. The third-order valence-corrected chi connectivity index (χ3v) is 5.99. The molecule has 0 amide bonds. The molecule has 4 nitrogen and oxygen atoms in total. The van der Waals surface area contributed by atoms with Crippen LogP contribution < -0.4 is 9.46 Å². The van der Waals surface area contributed by atoms with E-state index < -0.39 is 10.0 Å². The van der Waals surface area contributed by atoms with Crippen molar-refractivity contribution in [3.05, 3.63) is 94.0 Å². The van der Waals surface area contributed by atoms with E-state index in [9.17, 15) is 8.42 Å². The van der Waals surface area contributed by atoms with Gasteiger partial charge >= 0.3 is 0 Å². The number of hydrogen-bond acceptors (Lipinski definition) is 3. The van der Waals surface area contributed by atoms with E-state index in [1.54, 1.807) is 66.7 Å². The van der Waals surface area contributed by atoms with Crippen LogP contribution in [0.4, 0.5) is 0 Å². The van der Waals surface area contributed by atoms with Crippen LogP contribution in [0, 0.1) is 0 Å². The molecule has 3 aromatic carbocycles. The monoisotopic (exact) mass is 421 g/mol. The van der Waals surface area contributed by atoms with Crippen LogP contribution in [-0.4, -0.2) is 8.42 Å². The number of benzene rings is 3. The van der Waals surface area contributed by atoms with Gasteiger partial charge in [0.1, 0.15) is 12.4 Å². The van der Waals surface area contributed by atoms with E-state index >= 15 is 0 Å². The summed E-state index contributed by atoms with van der Waals surface area (Å²) in [4.78, 5) is 0.228. The summed E-state index contributed by atoms with van der Waals surface area (Å²) >= 11 is 12.3. The Morgan fingerprint density at radius 3 is 2.22 bits per heavy atom. The maximum atomic E-state index is 12.3. The maximum absolute atomic E-state index is 12.3. The number of sulfonamides is 1. The zero-order valence-corrected chi connectivity index (χ0v) is 16.6. The summed E-state index contributed by atoms with van der Waals surface area (Å²) in [6.45, 7) is 0.374. The van der Waals surface area contributed by atoms with E-state index in [2.05, 4.69) is 4.72 Å². The van der Waals surface area contributed by atoms with Crippen LogP contribution in [0.1, 0.15) is 11.1 Å². The molecule has 3 aromatic rings. The highest BCUT2D eigenvalue weighted by Gasteiger charge is 2.13. The van der Waals surface area contributed by atoms with E-state index in [1.165, 1.54) is 0 Å². The lowest BCUT2D eigenvalue weighted by atomic mass is 10.2. The van der Waals surface area contributed by atoms with Crippen LogP contribution in [0.25, 0.3) is 0 Å². The Bertz CT molecular complexity index is 1000. The standard InChI is InChI=1S/C20H17Cl2NO3S/c21-19-10-5-11-20(22)18(19)14-26-16-7-4-6-15(12-16)13-23-27(24,25)17-8-2-1-3-9-17/h1-12,23H,13-14H2. The van der Waals surface area contributed by atoms with E-state index in [1.807, 2.05) is 6.07 Å². The van der Waals surface area contributed by atoms with Crippen molar-refractivity contribution in [1.29, 1.82) is 0 Å². The van der Waals surface area contributed by atoms with Crippen molar-refractivity contribution in [2.45, 2.75) is 18.0 Å². The van der Waals surface area contributed by atoms with Gasteiger partial charge in [-0.3, -0.25) is 0 Å². The Labute approximate surface area is 168 Å². The van der Waals surface area contributed by atoms with Gasteiger partial charge in [-0.05, 0) is 42.0 Å². The Hall–Kier alpha value is -2.05. The fraction of sp³-hybridized carbons (Fsp3) is 0.100. The average molecular weight is 422 g/mol. The van der Waals surface area contributed by atoms with Crippen molar-refractivity contribution in [3.8, 4) is 5.75 Å². The quantitative estimate of drug-likeness (QED) is 0.580. The summed E-state index contributed by atoms with van der Waals surface area (Å²) in [6.07, 6.45) is 0. The predicted molar refractivity (Wildman–Crippen MR) is 108 cm³/mol. The number of nitrogens with one attached hydrogen (secondary N) is 1. The Kier molecular flexibility index (Phi) is 6.39. The van der Waals surface area contributed by atoms with Crippen molar-refractivity contribution in [2.24, 2.45) is 0 Å². The van der Waals surface area contributed by atoms with E-state index in [0.717, 1.165) is 5.56 Å². The van der Waals surface area contributed by atoms with Crippen LogP contribution in [0.3, 0.4) is 0 Å². The van der Waals surface area contributed by atoms with Gasteiger partial charge in [-0.2, -0.15) is 0 Å².